The standard InChI is InChI=1S/C17H18BrNS/c1-12(13-6-8-15(18)9-7-13)19-11-16-10-14-4-2-3-5-17(14)20-16/h2-9,12,16,19H,10-11H2,1H3/t12-,16?/m1/s1. The Hall–Kier alpha value is -0.770. The van der Waals surface area contributed by atoms with Crippen LogP contribution >= 0.6 is 27.7 Å². The van der Waals surface area contributed by atoms with Crippen molar-refractivity contribution in [1.29, 1.82) is 0 Å². The van der Waals surface area contributed by atoms with Crippen LogP contribution < -0.4 is 5.32 Å². The molecule has 20 heavy (non-hydrogen) atoms. The van der Waals surface area contributed by atoms with Gasteiger partial charge in [-0.25, -0.2) is 0 Å². The van der Waals surface area contributed by atoms with E-state index in [2.05, 4.69) is 76.7 Å². The van der Waals surface area contributed by atoms with Crippen molar-refractivity contribution in [2.45, 2.75) is 29.5 Å². The molecule has 0 saturated carbocycles. The highest BCUT2D eigenvalue weighted by molar-refractivity contribution is 9.10. The van der Waals surface area contributed by atoms with Gasteiger partial charge in [0.15, 0.2) is 0 Å². The van der Waals surface area contributed by atoms with Crippen molar-refractivity contribution < 1.29 is 0 Å². The first kappa shape index (κ1) is 14.2. The molecule has 0 bridgehead atoms. The molecule has 2 atom stereocenters. The first-order valence-corrected chi connectivity index (χ1v) is 8.63. The highest BCUT2D eigenvalue weighted by Crippen LogP contribution is 2.36. The maximum atomic E-state index is 3.66. The fourth-order valence-corrected chi connectivity index (χ4v) is 4.07. The van der Waals surface area contributed by atoms with Gasteiger partial charge in [-0.05, 0) is 42.7 Å². The summed E-state index contributed by atoms with van der Waals surface area (Å²) in [6.45, 7) is 3.28. The van der Waals surface area contributed by atoms with Gasteiger partial charge >= 0.3 is 0 Å². The molecule has 1 nitrogen and oxygen atoms in total. The van der Waals surface area contributed by atoms with Crippen LogP contribution in [0.3, 0.4) is 0 Å². The SMILES string of the molecule is C[C@@H](NCC1Cc2ccccc2S1)c1ccc(Br)cc1. The van der Waals surface area contributed by atoms with Gasteiger partial charge in [0.05, 0.1) is 0 Å². The van der Waals surface area contributed by atoms with E-state index in [0.29, 0.717) is 11.3 Å². The smallest absolute Gasteiger partial charge is 0.0292 e. The Morgan fingerprint density at radius 2 is 1.95 bits per heavy atom. The van der Waals surface area contributed by atoms with E-state index in [1.807, 2.05) is 11.8 Å². The fourth-order valence-electron chi connectivity index (χ4n) is 2.55. The number of hydrogen-bond donors (Lipinski definition) is 1. The molecule has 1 unspecified atom stereocenters. The van der Waals surface area contributed by atoms with E-state index in [4.69, 9.17) is 0 Å². The Bertz CT molecular complexity index is 557. The zero-order chi connectivity index (χ0) is 13.9. The second kappa shape index (κ2) is 6.33. The van der Waals surface area contributed by atoms with Gasteiger partial charge in [0.25, 0.3) is 0 Å². The number of nitrogens with one attached hydrogen (secondary N) is 1. The first-order chi connectivity index (χ1) is 9.72. The molecule has 3 rings (SSSR count). The highest BCUT2D eigenvalue weighted by atomic mass is 79.9. The summed E-state index contributed by atoms with van der Waals surface area (Å²) in [5, 5.41) is 4.32. The third-order valence-electron chi connectivity index (χ3n) is 3.74. The molecular formula is C17H18BrNS. The molecule has 3 heteroatoms. The van der Waals surface area contributed by atoms with E-state index in [1.165, 1.54) is 22.4 Å². The topological polar surface area (TPSA) is 12.0 Å². The maximum Gasteiger partial charge on any atom is 0.0292 e. The van der Waals surface area contributed by atoms with Crippen molar-refractivity contribution in [1.82, 2.24) is 5.32 Å². The first-order valence-electron chi connectivity index (χ1n) is 6.96. The summed E-state index contributed by atoms with van der Waals surface area (Å²) in [5.74, 6) is 0. The monoisotopic (exact) mass is 347 g/mol. The van der Waals surface area contributed by atoms with Gasteiger partial charge in [0, 0.05) is 27.2 Å². The second-order valence-corrected chi connectivity index (χ2v) is 7.49. The number of hydrogen-bond acceptors (Lipinski definition) is 2. The number of fused-ring (bicyclic) bond motifs is 1. The second-order valence-electron chi connectivity index (χ2n) is 5.23. The number of rotatable bonds is 4. The van der Waals surface area contributed by atoms with E-state index < -0.39 is 0 Å². The third kappa shape index (κ3) is 3.27. The predicted octanol–water partition coefficient (Wildman–Crippen LogP) is 4.82. The quantitative estimate of drug-likeness (QED) is 0.850. The molecule has 1 heterocycles. The molecule has 0 saturated heterocycles. The van der Waals surface area contributed by atoms with Gasteiger partial charge in [0.2, 0.25) is 0 Å². The Morgan fingerprint density at radius 1 is 1.20 bits per heavy atom. The van der Waals surface area contributed by atoms with E-state index in [-0.39, 0.29) is 0 Å². The summed E-state index contributed by atoms with van der Waals surface area (Å²) in [7, 11) is 0. The third-order valence-corrected chi connectivity index (χ3v) is 5.58. The molecule has 0 aliphatic carbocycles. The highest BCUT2D eigenvalue weighted by Gasteiger charge is 2.21. The molecule has 0 spiro atoms. The van der Waals surface area contributed by atoms with Crippen LogP contribution in [0.5, 0.6) is 0 Å². The van der Waals surface area contributed by atoms with E-state index in [1.54, 1.807) is 0 Å². The minimum atomic E-state index is 0.396. The molecule has 0 amide bonds. The van der Waals surface area contributed by atoms with Crippen LogP contribution in [-0.4, -0.2) is 11.8 Å². The van der Waals surface area contributed by atoms with Gasteiger partial charge in [-0.1, -0.05) is 46.3 Å². The zero-order valence-corrected chi connectivity index (χ0v) is 13.9. The lowest BCUT2D eigenvalue weighted by Crippen LogP contribution is -2.27. The van der Waals surface area contributed by atoms with Gasteiger partial charge in [-0.2, -0.15) is 0 Å². The minimum Gasteiger partial charge on any atom is -0.309 e. The van der Waals surface area contributed by atoms with Gasteiger partial charge < -0.3 is 5.32 Å². The Morgan fingerprint density at radius 3 is 2.70 bits per heavy atom. The van der Waals surface area contributed by atoms with Crippen molar-refractivity contribution >= 4 is 27.7 Å². The van der Waals surface area contributed by atoms with Crippen LogP contribution in [-0.2, 0) is 6.42 Å². The van der Waals surface area contributed by atoms with E-state index in [9.17, 15) is 0 Å². The van der Waals surface area contributed by atoms with Gasteiger partial charge in [-0.3, -0.25) is 0 Å². The van der Waals surface area contributed by atoms with E-state index in [0.717, 1.165) is 11.0 Å². The summed E-state index contributed by atoms with van der Waals surface area (Å²) in [6.07, 6.45) is 1.18. The van der Waals surface area contributed by atoms with Crippen molar-refractivity contribution in [3.63, 3.8) is 0 Å². The van der Waals surface area contributed by atoms with Crippen molar-refractivity contribution in [2.24, 2.45) is 0 Å². The van der Waals surface area contributed by atoms with Gasteiger partial charge in [-0.15, -0.1) is 11.8 Å². The van der Waals surface area contributed by atoms with Crippen LogP contribution in [0.25, 0.3) is 0 Å². The molecular weight excluding hydrogens is 330 g/mol. The van der Waals surface area contributed by atoms with Crippen LogP contribution in [0, 0.1) is 0 Å². The number of halogens is 1. The Labute approximate surface area is 133 Å². The molecule has 2 aromatic rings. The summed E-state index contributed by atoms with van der Waals surface area (Å²) in [6, 6.07) is 17.7. The molecule has 1 N–H and O–H groups in total. The molecule has 0 fully saturated rings. The van der Waals surface area contributed by atoms with Gasteiger partial charge in [0.1, 0.15) is 0 Å². The summed E-state index contributed by atoms with van der Waals surface area (Å²) < 4.78 is 1.13. The molecule has 0 radical (unpaired) electrons. The average Bonchev–Trinajstić information content (AvgIpc) is 2.88. The van der Waals surface area contributed by atoms with Crippen LogP contribution in [0.4, 0.5) is 0 Å². The molecule has 1 aliphatic rings. The van der Waals surface area contributed by atoms with Crippen LogP contribution in [0.2, 0.25) is 0 Å². The molecule has 104 valence electrons. The Kier molecular flexibility index (Phi) is 4.49. The summed E-state index contributed by atoms with van der Waals surface area (Å²) >= 11 is 5.49. The van der Waals surface area contributed by atoms with Crippen LogP contribution in [0.15, 0.2) is 57.9 Å². The zero-order valence-electron chi connectivity index (χ0n) is 11.5. The lowest BCUT2D eigenvalue weighted by atomic mass is 10.1. The largest absolute Gasteiger partial charge is 0.309 e. The summed E-state index contributed by atoms with van der Waals surface area (Å²) in [5.41, 5.74) is 2.84. The predicted molar refractivity (Wildman–Crippen MR) is 90.4 cm³/mol. The lowest BCUT2D eigenvalue weighted by Gasteiger charge is -2.17. The van der Waals surface area contributed by atoms with Crippen molar-refractivity contribution in [3.05, 3.63) is 64.1 Å². The van der Waals surface area contributed by atoms with E-state index >= 15 is 0 Å². The fraction of sp³-hybridized carbons (Fsp3) is 0.294. The number of thioether (sulfide) groups is 1. The number of benzene rings is 2. The molecule has 0 aromatic heterocycles. The molecule has 2 aromatic carbocycles. The van der Waals surface area contributed by atoms with Crippen molar-refractivity contribution in [3.8, 4) is 0 Å². The normalized spacial score (nSPS) is 18.8. The van der Waals surface area contributed by atoms with Crippen molar-refractivity contribution in [2.75, 3.05) is 6.54 Å². The summed E-state index contributed by atoms with van der Waals surface area (Å²) in [4.78, 5) is 1.45. The molecule has 1 aliphatic heterocycles. The van der Waals surface area contributed by atoms with Crippen LogP contribution in [0.1, 0.15) is 24.1 Å². The lowest BCUT2D eigenvalue weighted by molar-refractivity contribution is 0.567. The minimum absolute atomic E-state index is 0.396. The average molecular weight is 348 g/mol. The maximum absolute atomic E-state index is 3.66. The Balaban J connectivity index is 1.55.